The zero-order valence-corrected chi connectivity index (χ0v) is 11.6. The van der Waals surface area contributed by atoms with Crippen LogP contribution in [-0.2, 0) is 4.79 Å². The fraction of sp³-hybridized carbons (Fsp3) is 0.538. The molecule has 2 unspecified atom stereocenters. The number of hydrogen-bond acceptors (Lipinski definition) is 4. The number of nitrogens with zero attached hydrogens (tertiary/aromatic N) is 1. The van der Waals surface area contributed by atoms with Crippen molar-refractivity contribution in [1.29, 1.82) is 0 Å². The van der Waals surface area contributed by atoms with Gasteiger partial charge in [0.25, 0.3) is 0 Å². The number of carbonyl (C=O) groups is 1. The van der Waals surface area contributed by atoms with Crippen molar-refractivity contribution in [3.8, 4) is 0 Å². The Morgan fingerprint density at radius 3 is 2.89 bits per heavy atom. The van der Waals surface area contributed by atoms with E-state index in [1.807, 2.05) is 26.2 Å². The predicted molar refractivity (Wildman–Crippen MR) is 72.2 cm³/mol. The van der Waals surface area contributed by atoms with E-state index in [-0.39, 0.29) is 23.5 Å². The summed E-state index contributed by atoms with van der Waals surface area (Å²) in [4.78, 5) is 16.0. The van der Waals surface area contributed by atoms with Crippen molar-refractivity contribution in [3.05, 3.63) is 22.2 Å². The molecule has 0 aliphatic heterocycles. The highest BCUT2D eigenvalue weighted by Gasteiger charge is 2.47. The molecule has 1 amide bonds. The zero-order valence-electron chi connectivity index (χ0n) is 10.8. The lowest BCUT2D eigenvalue weighted by Crippen LogP contribution is -2.60. The average Bonchev–Trinajstić information content (AvgIpc) is 2.72. The van der Waals surface area contributed by atoms with Crippen molar-refractivity contribution in [1.82, 2.24) is 10.3 Å². The van der Waals surface area contributed by atoms with E-state index < -0.39 is 0 Å². The number of thiazole rings is 1. The van der Waals surface area contributed by atoms with Crippen LogP contribution in [0.25, 0.3) is 6.08 Å². The fourth-order valence-corrected chi connectivity index (χ4v) is 2.57. The predicted octanol–water partition coefficient (Wildman–Crippen LogP) is 1.74. The molecular formula is C13H18N2O2S. The van der Waals surface area contributed by atoms with Gasteiger partial charge in [-0.15, -0.1) is 11.3 Å². The van der Waals surface area contributed by atoms with E-state index in [4.69, 9.17) is 0 Å². The Hall–Kier alpha value is -1.20. The van der Waals surface area contributed by atoms with Crippen LogP contribution in [0, 0.1) is 12.3 Å². The highest BCUT2D eigenvalue weighted by atomic mass is 32.1. The van der Waals surface area contributed by atoms with Crippen LogP contribution in [0.4, 0.5) is 0 Å². The normalized spacial score (nSPS) is 26.0. The summed E-state index contributed by atoms with van der Waals surface area (Å²) in [5.74, 6) is -0.134. The smallest absolute Gasteiger partial charge is 0.244 e. The van der Waals surface area contributed by atoms with E-state index >= 15 is 0 Å². The summed E-state index contributed by atoms with van der Waals surface area (Å²) >= 11 is 1.56. The van der Waals surface area contributed by atoms with E-state index in [2.05, 4.69) is 10.3 Å². The number of amides is 1. The minimum Gasteiger partial charge on any atom is -0.392 e. The van der Waals surface area contributed by atoms with Crippen LogP contribution in [0.2, 0.25) is 0 Å². The molecule has 1 aliphatic carbocycles. The lowest BCUT2D eigenvalue weighted by Gasteiger charge is -2.49. The maximum absolute atomic E-state index is 11.7. The third kappa shape index (κ3) is 2.62. The fourth-order valence-electron chi connectivity index (χ4n) is 1.99. The molecule has 5 heteroatoms. The van der Waals surface area contributed by atoms with Crippen molar-refractivity contribution < 1.29 is 9.90 Å². The van der Waals surface area contributed by atoms with Crippen LogP contribution < -0.4 is 5.32 Å². The molecule has 0 spiro atoms. The number of hydrogen-bond donors (Lipinski definition) is 2. The van der Waals surface area contributed by atoms with E-state index in [0.29, 0.717) is 6.42 Å². The molecule has 98 valence electrons. The Kier molecular flexibility index (Phi) is 3.54. The van der Waals surface area contributed by atoms with Crippen molar-refractivity contribution >= 4 is 23.3 Å². The maximum atomic E-state index is 11.7. The molecule has 0 saturated heterocycles. The molecule has 4 nitrogen and oxygen atoms in total. The van der Waals surface area contributed by atoms with Crippen molar-refractivity contribution in [2.75, 3.05) is 0 Å². The number of rotatable bonds is 3. The number of aromatic nitrogens is 1. The summed E-state index contributed by atoms with van der Waals surface area (Å²) in [6.07, 6.45) is 3.51. The Morgan fingerprint density at radius 2 is 2.39 bits per heavy atom. The largest absolute Gasteiger partial charge is 0.392 e. The van der Waals surface area contributed by atoms with Crippen LogP contribution >= 0.6 is 11.3 Å². The monoisotopic (exact) mass is 266 g/mol. The van der Waals surface area contributed by atoms with Gasteiger partial charge in [-0.3, -0.25) is 4.79 Å². The van der Waals surface area contributed by atoms with Gasteiger partial charge in [0.15, 0.2) is 0 Å². The Balaban J connectivity index is 1.88. The molecule has 1 aliphatic rings. The van der Waals surface area contributed by atoms with Crippen molar-refractivity contribution in [3.63, 3.8) is 0 Å². The number of aryl methyl sites for hydroxylation is 1. The highest BCUT2D eigenvalue weighted by Crippen LogP contribution is 2.40. The molecular weight excluding hydrogens is 248 g/mol. The number of aliphatic hydroxyl groups excluding tert-OH is 1. The molecule has 2 N–H and O–H groups in total. The van der Waals surface area contributed by atoms with Gasteiger partial charge >= 0.3 is 0 Å². The first kappa shape index (κ1) is 13.2. The average molecular weight is 266 g/mol. The molecule has 0 radical (unpaired) electrons. The highest BCUT2D eigenvalue weighted by molar-refractivity contribution is 7.09. The number of nitrogens with one attached hydrogen (secondary N) is 1. The minimum atomic E-state index is -0.326. The molecule has 2 atom stereocenters. The standard InChI is InChI=1S/C13H18N2O2S/c1-8-14-9(7-18-8)4-5-12(17)15-10-6-11(16)13(10,2)3/h4-5,7,10-11,16H,6H2,1-3H3,(H,15,17)/b5-4+. The summed E-state index contributed by atoms with van der Waals surface area (Å²) in [5, 5.41) is 15.4. The summed E-state index contributed by atoms with van der Waals surface area (Å²) in [7, 11) is 0. The van der Waals surface area contributed by atoms with E-state index in [1.165, 1.54) is 6.08 Å². The third-order valence-corrected chi connectivity index (χ3v) is 4.37. The lowest BCUT2D eigenvalue weighted by molar-refractivity contribution is -0.124. The van der Waals surface area contributed by atoms with E-state index in [1.54, 1.807) is 17.4 Å². The Bertz CT molecular complexity index is 479. The van der Waals surface area contributed by atoms with Gasteiger partial charge < -0.3 is 10.4 Å². The van der Waals surface area contributed by atoms with Crippen LogP contribution in [0.15, 0.2) is 11.5 Å². The first-order valence-corrected chi connectivity index (χ1v) is 6.86. The number of aliphatic hydroxyl groups is 1. The van der Waals surface area contributed by atoms with Gasteiger partial charge in [0.1, 0.15) is 0 Å². The molecule has 0 bridgehead atoms. The van der Waals surface area contributed by atoms with Gasteiger partial charge in [-0.05, 0) is 19.4 Å². The van der Waals surface area contributed by atoms with Gasteiger partial charge in [0.05, 0.1) is 16.8 Å². The second-order valence-corrected chi connectivity index (χ2v) is 6.32. The minimum absolute atomic E-state index is 0.0434. The molecule has 1 fully saturated rings. The molecule has 1 heterocycles. The topological polar surface area (TPSA) is 62.2 Å². The van der Waals surface area contributed by atoms with Crippen molar-refractivity contribution in [2.45, 2.75) is 39.3 Å². The van der Waals surface area contributed by atoms with E-state index in [0.717, 1.165) is 10.7 Å². The second kappa shape index (κ2) is 4.82. The first-order valence-electron chi connectivity index (χ1n) is 5.98. The van der Waals surface area contributed by atoms with E-state index in [9.17, 15) is 9.90 Å². The van der Waals surface area contributed by atoms with Gasteiger partial charge in [0.2, 0.25) is 5.91 Å². The van der Waals surface area contributed by atoms with Gasteiger partial charge in [-0.1, -0.05) is 13.8 Å². The summed E-state index contributed by atoms with van der Waals surface area (Å²) < 4.78 is 0. The summed E-state index contributed by atoms with van der Waals surface area (Å²) in [5.41, 5.74) is 0.571. The lowest BCUT2D eigenvalue weighted by atomic mass is 9.64. The van der Waals surface area contributed by atoms with Crippen LogP contribution in [0.3, 0.4) is 0 Å². The molecule has 18 heavy (non-hydrogen) atoms. The van der Waals surface area contributed by atoms with Crippen molar-refractivity contribution in [2.24, 2.45) is 5.41 Å². The summed E-state index contributed by atoms with van der Waals surface area (Å²) in [6.45, 7) is 5.85. The van der Waals surface area contributed by atoms with Crippen LogP contribution in [0.1, 0.15) is 31.0 Å². The van der Waals surface area contributed by atoms with Gasteiger partial charge in [0, 0.05) is 22.9 Å². The molecule has 1 aromatic rings. The van der Waals surface area contributed by atoms with Gasteiger partial charge in [-0.25, -0.2) is 4.98 Å². The summed E-state index contributed by atoms with van der Waals surface area (Å²) in [6, 6.07) is 0.0434. The Labute approximate surface area is 111 Å². The Morgan fingerprint density at radius 1 is 1.67 bits per heavy atom. The zero-order chi connectivity index (χ0) is 13.3. The van der Waals surface area contributed by atoms with Crippen LogP contribution in [-0.4, -0.2) is 28.1 Å². The second-order valence-electron chi connectivity index (χ2n) is 5.26. The number of carbonyl (C=O) groups excluding carboxylic acids is 1. The molecule has 1 saturated carbocycles. The third-order valence-electron chi connectivity index (χ3n) is 3.57. The quantitative estimate of drug-likeness (QED) is 0.819. The first-order chi connectivity index (χ1) is 8.39. The molecule has 2 rings (SSSR count). The SMILES string of the molecule is Cc1nc(/C=C/C(=O)NC2CC(O)C2(C)C)cs1. The maximum Gasteiger partial charge on any atom is 0.244 e. The van der Waals surface area contributed by atoms with Gasteiger partial charge in [-0.2, -0.15) is 0 Å². The molecule has 0 aromatic carbocycles. The molecule has 1 aromatic heterocycles. The van der Waals surface area contributed by atoms with Crippen LogP contribution in [0.5, 0.6) is 0 Å².